The number of phenols is 1. The minimum absolute atomic E-state index is 0.0265. The summed E-state index contributed by atoms with van der Waals surface area (Å²) in [5.41, 5.74) is 3.19. The second-order valence-electron chi connectivity index (χ2n) is 4.76. The lowest BCUT2D eigenvalue weighted by molar-refractivity contribution is 0.0951. The van der Waals surface area contributed by atoms with E-state index in [-0.39, 0.29) is 12.4 Å². The fourth-order valence-electron chi connectivity index (χ4n) is 1.86. The predicted octanol–water partition coefficient (Wildman–Crippen LogP) is 5.01. The van der Waals surface area contributed by atoms with E-state index in [4.69, 9.17) is 4.74 Å². The first kappa shape index (κ1) is 19.7. The lowest BCUT2D eigenvalue weighted by Gasteiger charge is -2.09. The zero-order chi connectivity index (χ0) is 18.4. The summed E-state index contributed by atoms with van der Waals surface area (Å²) in [5, 5.41) is 13.9. The molecule has 8 heteroatoms. The molecule has 0 aliphatic heterocycles. The van der Waals surface area contributed by atoms with Crippen LogP contribution in [0, 0.1) is 0 Å². The maximum Gasteiger partial charge on any atom is 0.275 e. The van der Waals surface area contributed by atoms with E-state index < -0.39 is 5.91 Å². The summed E-state index contributed by atoms with van der Waals surface area (Å²) in [6.07, 6.45) is 2.95. The van der Waals surface area contributed by atoms with Gasteiger partial charge in [0, 0.05) is 14.5 Å². The third-order valence-corrected chi connectivity index (χ3v) is 4.53. The number of nitrogens with zero attached hydrogens (tertiary/aromatic N) is 1. The lowest BCUT2D eigenvalue weighted by atomic mass is 10.2. The summed E-state index contributed by atoms with van der Waals surface area (Å²) in [7, 11) is 0. The largest absolute Gasteiger partial charge is 0.506 e. The molecule has 0 saturated carbocycles. The lowest BCUT2D eigenvalue weighted by Crippen LogP contribution is -2.19. The second-order valence-corrected chi connectivity index (χ2v) is 7.45. The first-order valence-corrected chi connectivity index (χ1v) is 9.35. The van der Waals surface area contributed by atoms with Gasteiger partial charge in [0.2, 0.25) is 0 Å². The highest BCUT2D eigenvalue weighted by Crippen LogP contribution is 2.30. The molecule has 0 saturated heterocycles. The van der Waals surface area contributed by atoms with Crippen molar-refractivity contribution in [3.05, 3.63) is 67.5 Å². The van der Waals surface area contributed by atoms with Crippen LogP contribution in [0.15, 0.2) is 61.5 Å². The summed E-state index contributed by atoms with van der Waals surface area (Å²) in [6.45, 7) is 3.87. The molecule has 2 rings (SSSR count). The normalized spacial score (nSPS) is 10.7. The fraction of sp³-hybridized carbons (Fsp3) is 0.0588. The summed E-state index contributed by atoms with van der Waals surface area (Å²) >= 11 is 9.89. The van der Waals surface area contributed by atoms with Crippen molar-refractivity contribution in [1.82, 2.24) is 5.43 Å². The summed E-state index contributed by atoms with van der Waals surface area (Å²) in [5.74, 6) is 0.00710. The molecule has 0 aliphatic rings. The van der Waals surface area contributed by atoms with Crippen LogP contribution in [0.25, 0.3) is 0 Å². The van der Waals surface area contributed by atoms with Crippen LogP contribution < -0.4 is 10.2 Å². The van der Waals surface area contributed by atoms with Gasteiger partial charge in [-0.1, -0.05) is 44.5 Å². The number of hydrogen-bond acceptors (Lipinski definition) is 4. The maximum atomic E-state index is 12.4. The zero-order valence-electron chi connectivity index (χ0n) is 12.8. The Labute approximate surface area is 170 Å². The molecule has 2 aromatic rings. The molecule has 1 amide bonds. The molecule has 0 aromatic heterocycles. The van der Waals surface area contributed by atoms with E-state index in [9.17, 15) is 9.90 Å². The topological polar surface area (TPSA) is 70.9 Å². The Balaban J connectivity index is 2.18. The number of aromatic hydroxyl groups is 1. The molecule has 2 aromatic carbocycles. The van der Waals surface area contributed by atoms with Crippen LogP contribution in [0.3, 0.4) is 0 Å². The zero-order valence-corrected chi connectivity index (χ0v) is 17.6. The number of phenolic OH excluding ortho intramolecular Hbond substituents is 1. The van der Waals surface area contributed by atoms with E-state index in [1.165, 1.54) is 6.21 Å². The Morgan fingerprint density at radius 2 is 2.00 bits per heavy atom. The van der Waals surface area contributed by atoms with Gasteiger partial charge in [-0.15, -0.1) is 0 Å². The van der Waals surface area contributed by atoms with E-state index in [0.717, 1.165) is 8.95 Å². The highest BCUT2D eigenvalue weighted by molar-refractivity contribution is 9.11. The molecule has 5 nitrogen and oxygen atoms in total. The van der Waals surface area contributed by atoms with Gasteiger partial charge in [-0.2, -0.15) is 5.10 Å². The van der Waals surface area contributed by atoms with Crippen molar-refractivity contribution in [2.24, 2.45) is 5.10 Å². The van der Waals surface area contributed by atoms with Crippen molar-refractivity contribution in [2.45, 2.75) is 0 Å². The first-order valence-electron chi connectivity index (χ1n) is 6.97. The van der Waals surface area contributed by atoms with Crippen molar-refractivity contribution in [2.75, 3.05) is 6.61 Å². The smallest absolute Gasteiger partial charge is 0.275 e. The van der Waals surface area contributed by atoms with Crippen LogP contribution in [0.1, 0.15) is 15.9 Å². The minimum atomic E-state index is -0.440. The van der Waals surface area contributed by atoms with Gasteiger partial charge in [-0.05, 0) is 46.3 Å². The minimum Gasteiger partial charge on any atom is -0.506 e. The van der Waals surface area contributed by atoms with Gasteiger partial charge >= 0.3 is 0 Å². The number of benzene rings is 2. The van der Waals surface area contributed by atoms with Crippen LogP contribution in [-0.2, 0) is 0 Å². The molecule has 0 atom stereocenters. The van der Waals surface area contributed by atoms with Crippen LogP contribution in [0.4, 0.5) is 0 Å². The van der Waals surface area contributed by atoms with Crippen molar-refractivity contribution >= 4 is 59.9 Å². The highest BCUT2D eigenvalue weighted by Gasteiger charge is 2.13. The van der Waals surface area contributed by atoms with Gasteiger partial charge in [0.25, 0.3) is 5.91 Å². The van der Waals surface area contributed by atoms with Crippen LogP contribution in [0.2, 0.25) is 0 Å². The summed E-state index contributed by atoms with van der Waals surface area (Å²) < 4.78 is 7.49. The third kappa shape index (κ3) is 5.42. The Bertz CT molecular complexity index is 838. The van der Waals surface area contributed by atoms with E-state index in [1.807, 2.05) is 0 Å². The Morgan fingerprint density at radius 1 is 1.24 bits per heavy atom. The van der Waals surface area contributed by atoms with Crippen LogP contribution in [-0.4, -0.2) is 23.8 Å². The van der Waals surface area contributed by atoms with Crippen molar-refractivity contribution in [3.63, 3.8) is 0 Å². The molecule has 130 valence electrons. The first-order chi connectivity index (χ1) is 11.9. The van der Waals surface area contributed by atoms with Crippen molar-refractivity contribution in [3.8, 4) is 11.5 Å². The highest BCUT2D eigenvalue weighted by atomic mass is 79.9. The standard InChI is InChI=1S/C17H13Br3N2O3/c1-2-5-25-15-4-3-11(18)7-13(15)17(24)22-21-9-10-6-12(19)8-14(20)16(10)23/h2-4,6-9,23H,1,5H2,(H,22,24)/b21-9-. The summed E-state index contributed by atoms with van der Waals surface area (Å²) in [4.78, 5) is 12.4. The van der Waals surface area contributed by atoms with Gasteiger partial charge in [-0.3, -0.25) is 4.79 Å². The number of amides is 1. The molecule has 0 unspecified atom stereocenters. The average molecular weight is 533 g/mol. The van der Waals surface area contributed by atoms with Gasteiger partial charge in [-0.25, -0.2) is 5.43 Å². The molecule has 0 heterocycles. The van der Waals surface area contributed by atoms with E-state index in [1.54, 1.807) is 36.4 Å². The Kier molecular flexibility index (Phi) is 7.22. The molecular formula is C17H13Br3N2O3. The molecule has 25 heavy (non-hydrogen) atoms. The fourth-order valence-corrected chi connectivity index (χ4v) is 3.48. The van der Waals surface area contributed by atoms with Gasteiger partial charge in [0.05, 0.1) is 16.3 Å². The van der Waals surface area contributed by atoms with E-state index in [2.05, 4.69) is 64.9 Å². The molecule has 0 radical (unpaired) electrons. The SMILES string of the molecule is C=CCOc1ccc(Br)cc1C(=O)N/N=C\c1cc(Br)cc(Br)c1O. The van der Waals surface area contributed by atoms with Gasteiger partial charge in [0.15, 0.2) is 0 Å². The average Bonchev–Trinajstić information content (AvgIpc) is 2.57. The second kappa shape index (κ2) is 9.17. The van der Waals surface area contributed by atoms with E-state index in [0.29, 0.717) is 21.3 Å². The van der Waals surface area contributed by atoms with Gasteiger partial charge in [0.1, 0.15) is 18.1 Å². The molecular weight excluding hydrogens is 520 g/mol. The van der Waals surface area contributed by atoms with Crippen molar-refractivity contribution in [1.29, 1.82) is 0 Å². The monoisotopic (exact) mass is 530 g/mol. The number of carbonyl (C=O) groups is 1. The number of nitrogens with one attached hydrogen (secondary N) is 1. The predicted molar refractivity (Wildman–Crippen MR) is 108 cm³/mol. The maximum absolute atomic E-state index is 12.4. The number of hydrazone groups is 1. The van der Waals surface area contributed by atoms with Crippen LogP contribution in [0.5, 0.6) is 11.5 Å². The molecule has 0 spiro atoms. The van der Waals surface area contributed by atoms with Crippen molar-refractivity contribution < 1.29 is 14.6 Å². The number of ether oxygens (including phenoxy) is 1. The summed E-state index contributed by atoms with van der Waals surface area (Å²) in [6, 6.07) is 8.47. The molecule has 0 bridgehead atoms. The number of rotatable bonds is 6. The van der Waals surface area contributed by atoms with E-state index >= 15 is 0 Å². The third-order valence-electron chi connectivity index (χ3n) is 2.97. The van der Waals surface area contributed by atoms with Gasteiger partial charge < -0.3 is 9.84 Å². The molecule has 0 fully saturated rings. The van der Waals surface area contributed by atoms with Crippen LogP contribution >= 0.6 is 47.8 Å². The molecule has 2 N–H and O–H groups in total. The number of hydrogen-bond donors (Lipinski definition) is 2. The number of carbonyl (C=O) groups excluding carboxylic acids is 1. The molecule has 0 aliphatic carbocycles. The Morgan fingerprint density at radius 3 is 2.72 bits per heavy atom. The Hall–Kier alpha value is -1.64. The number of halogens is 3. The quantitative estimate of drug-likeness (QED) is 0.312.